The van der Waals surface area contributed by atoms with Crippen LogP contribution in [-0.4, -0.2) is 29.5 Å². The smallest absolute Gasteiger partial charge is 0.0672 e. The number of rotatable bonds is 11. The maximum absolute atomic E-state index is 5.69. The lowest BCUT2D eigenvalue weighted by molar-refractivity contribution is 0.120. The lowest BCUT2D eigenvalue weighted by Gasteiger charge is -2.15. The maximum atomic E-state index is 5.69. The summed E-state index contributed by atoms with van der Waals surface area (Å²) >= 11 is 0. The Balaban J connectivity index is 2.79. The summed E-state index contributed by atoms with van der Waals surface area (Å²) in [7, 11) is 0. The van der Waals surface area contributed by atoms with Crippen molar-refractivity contribution in [2.45, 2.75) is 72.9 Å². The SMILES string of the molecule is CCCCOCCn1nc(CC)c(C(C)NCC)c1CC. The first-order valence-electron chi connectivity index (χ1n) is 8.58. The highest BCUT2D eigenvalue weighted by atomic mass is 16.5. The number of aryl methyl sites for hydroxylation is 1. The van der Waals surface area contributed by atoms with Gasteiger partial charge in [-0.3, -0.25) is 4.68 Å². The Kier molecular flexibility index (Phi) is 8.62. The Hall–Kier alpha value is -0.870. The summed E-state index contributed by atoms with van der Waals surface area (Å²) in [6.45, 7) is 14.4. The minimum Gasteiger partial charge on any atom is -0.380 e. The van der Waals surface area contributed by atoms with Crippen molar-refractivity contribution >= 4 is 0 Å². The number of aromatic nitrogens is 2. The van der Waals surface area contributed by atoms with Gasteiger partial charge in [0, 0.05) is 23.9 Å². The molecule has 1 aromatic rings. The fourth-order valence-corrected chi connectivity index (χ4v) is 2.79. The third kappa shape index (κ3) is 5.11. The zero-order valence-corrected chi connectivity index (χ0v) is 14.5. The molecule has 4 nitrogen and oxygen atoms in total. The molecule has 0 radical (unpaired) electrons. The van der Waals surface area contributed by atoms with Gasteiger partial charge in [-0.1, -0.05) is 34.1 Å². The van der Waals surface area contributed by atoms with Gasteiger partial charge in [0.2, 0.25) is 0 Å². The Bertz CT molecular complexity index is 401. The van der Waals surface area contributed by atoms with E-state index in [2.05, 4.69) is 44.6 Å². The van der Waals surface area contributed by atoms with Crippen LogP contribution >= 0.6 is 0 Å². The van der Waals surface area contributed by atoms with E-state index in [4.69, 9.17) is 9.84 Å². The molecule has 1 aromatic heterocycles. The second-order valence-electron chi connectivity index (χ2n) is 5.48. The van der Waals surface area contributed by atoms with Crippen molar-refractivity contribution in [2.24, 2.45) is 0 Å². The molecule has 0 aromatic carbocycles. The summed E-state index contributed by atoms with van der Waals surface area (Å²) in [6, 6.07) is 0.370. The van der Waals surface area contributed by atoms with E-state index in [0.29, 0.717) is 6.04 Å². The molecule has 0 aliphatic carbocycles. The fourth-order valence-electron chi connectivity index (χ4n) is 2.79. The van der Waals surface area contributed by atoms with Crippen molar-refractivity contribution in [3.05, 3.63) is 17.0 Å². The standard InChI is InChI=1S/C17H33N3O/c1-6-10-12-21-13-11-20-16(8-3)17(14(5)18-9-4)15(7-2)19-20/h14,18H,6-13H2,1-5H3. The number of unbranched alkanes of at least 4 members (excludes halogenated alkanes) is 1. The molecule has 21 heavy (non-hydrogen) atoms. The topological polar surface area (TPSA) is 39.1 Å². The largest absolute Gasteiger partial charge is 0.380 e. The van der Waals surface area contributed by atoms with Gasteiger partial charge in [-0.25, -0.2) is 0 Å². The normalized spacial score (nSPS) is 12.8. The van der Waals surface area contributed by atoms with Crippen molar-refractivity contribution in [1.29, 1.82) is 0 Å². The number of hydrogen-bond acceptors (Lipinski definition) is 3. The molecule has 0 fully saturated rings. The molecule has 4 heteroatoms. The van der Waals surface area contributed by atoms with Crippen LogP contribution in [0.5, 0.6) is 0 Å². The lowest BCUT2D eigenvalue weighted by Crippen LogP contribution is -2.20. The van der Waals surface area contributed by atoms with Crippen LogP contribution in [0.25, 0.3) is 0 Å². The van der Waals surface area contributed by atoms with E-state index in [1.807, 2.05) is 0 Å². The molecular weight excluding hydrogens is 262 g/mol. The fraction of sp³-hybridized carbons (Fsp3) is 0.824. The van der Waals surface area contributed by atoms with Crippen LogP contribution < -0.4 is 5.32 Å². The van der Waals surface area contributed by atoms with Crippen molar-refractivity contribution in [3.8, 4) is 0 Å². The van der Waals surface area contributed by atoms with E-state index < -0.39 is 0 Å². The van der Waals surface area contributed by atoms with Crippen molar-refractivity contribution < 1.29 is 4.74 Å². The van der Waals surface area contributed by atoms with Crippen LogP contribution in [-0.2, 0) is 24.1 Å². The summed E-state index contributed by atoms with van der Waals surface area (Å²) in [6.07, 6.45) is 4.34. The second kappa shape index (κ2) is 9.96. The summed E-state index contributed by atoms with van der Waals surface area (Å²) in [4.78, 5) is 0. The molecule has 1 atom stereocenters. The molecule has 1 rings (SSSR count). The Morgan fingerprint density at radius 3 is 2.48 bits per heavy atom. The Morgan fingerprint density at radius 1 is 1.14 bits per heavy atom. The van der Waals surface area contributed by atoms with Gasteiger partial charge in [-0.05, 0) is 32.7 Å². The van der Waals surface area contributed by atoms with Crippen LogP contribution in [0.1, 0.15) is 70.5 Å². The number of hydrogen-bond donors (Lipinski definition) is 1. The van der Waals surface area contributed by atoms with Gasteiger partial charge < -0.3 is 10.1 Å². The van der Waals surface area contributed by atoms with Gasteiger partial charge in [0.1, 0.15) is 0 Å². The van der Waals surface area contributed by atoms with Crippen molar-refractivity contribution in [1.82, 2.24) is 15.1 Å². The Labute approximate surface area is 130 Å². The minimum absolute atomic E-state index is 0.370. The van der Waals surface area contributed by atoms with Gasteiger partial charge in [0.05, 0.1) is 18.8 Å². The summed E-state index contributed by atoms with van der Waals surface area (Å²) in [5.74, 6) is 0. The first-order chi connectivity index (χ1) is 10.2. The first-order valence-corrected chi connectivity index (χ1v) is 8.58. The van der Waals surface area contributed by atoms with E-state index in [9.17, 15) is 0 Å². The molecule has 0 aliphatic rings. The summed E-state index contributed by atoms with van der Waals surface area (Å²) < 4.78 is 7.85. The number of ether oxygens (including phenoxy) is 1. The van der Waals surface area contributed by atoms with Gasteiger partial charge >= 0.3 is 0 Å². The molecule has 0 saturated carbocycles. The van der Waals surface area contributed by atoms with Gasteiger partial charge in [0.15, 0.2) is 0 Å². The second-order valence-corrected chi connectivity index (χ2v) is 5.48. The highest BCUT2D eigenvalue weighted by Gasteiger charge is 2.19. The summed E-state index contributed by atoms with van der Waals surface area (Å²) in [5.41, 5.74) is 3.99. The highest BCUT2D eigenvalue weighted by molar-refractivity contribution is 5.30. The van der Waals surface area contributed by atoms with Gasteiger partial charge in [-0.2, -0.15) is 5.10 Å². The van der Waals surface area contributed by atoms with E-state index in [1.54, 1.807) is 0 Å². The van der Waals surface area contributed by atoms with Crippen LogP contribution in [0, 0.1) is 0 Å². The molecule has 0 spiro atoms. The van der Waals surface area contributed by atoms with E-state index in [1.165, 1.54) is 23.4 Å². The number of nitrogens with zero attached hydrogens (tertiary/aromatic N) is 2. The third-order valence-corrected chi connectivity index (χ3v) is 3.88. The monoisotopic (exact) mass is 295 g/mol. The van der Waals surface area contributed by atoms with Crippen LogP contribution in [0.2, 0.25) is 0 Å². The van der Waals surface area contributed by atoms with Crippen molar-refractivity contribution in [3.63, 3.8) is 0 Å². The van der Waals surface area contributed by atoms with E-state index in [-0.39, 0.29) is 0 Å². The zero-order chi connectivity index (χ0) is 15.7. The molecule has 0 aliphatic heterocycles. The van der Waals surface area contributed by atoms with Crippen molar-refractivity contribution in [2.75, 3.05) is 19.8 Å². The average molecular weight is 295 g/mol. The quantitative estimate of drug-likeness (QED) is 0.635. The average Bonchev–Trinajstić information content (AvgIpc) is 2.85. The highest BCUT2D eigenvalue weighted by Crippen LogP contribution is 2.23. The maximum Gasteiger partial charge on any atom is 0.0672 e. The predicted molar refractivity (Wildman–Crippen MR) is 88.8 cm³/mol. The molecule has 0 saturated heterocycles. The molecule has 0 bridgehead atoms. The first kappa shape index (κ1) is 18.2. The molecule has 1 N–H and O–H groups in total. The van der Waals surface area contributed by atoms with Crippen LogP contribution in [0.15, 0.2) is 0 Å². The molecule has 1 heterocycles. The molecule has 0 amide bonds. The molecule has 1 unspecified atom stereocenters. The predicted octanol–water partition coefficient (Wildman–Crippen LogP) is 3.50. The summed E-state index contributed by atoms with van der Waals surface area (Å²) in [5, 5.41) is 8.34. The van der Waals surface area contributed by atoms with E-state index >= 15 is 0 Å². The molecule has 122 valence electrons. The van der Waals surface area contributed by atoms with Crippen LogP contribution in [0.4, 0.5) is 0 Å². The Morgan fingerprint density at radius 2 is 1.90 bits per heavy atom. The molecular formula is C17H33N3O. The third-order valence-electron chi connectivity index (χ3n) is 3.88. The van der Waals surface area contributed by atoms with Gasteiger partial charge in [-0.15, -0.1) is 0 Å². The minimum atomic E-state index is 0.370. The zero-order valence-electron chi connectivity index (χ0n) is 14.5. The van der Waals surface area contributed by atoms with Gasteiger partial charge in [0.25, 0.3) is 0 Å². The number of nitrogens with one attached hydrogen (secondary N) is 1. The van der Waals surface area contributed by atoms with E-state index in [0.717, 1.165) is 45.6 Å². The lowest BCUT2D eigenvalue weighted by atomic mass is 10.0. The van der Waals surface area contributed by atoms with Crippen LogP contribution in [0.3, 0.4) is 0 Å².